The summed E-state index contributed by atoms with van der Waals surface area (Å²) >= 11 is 0. The molecule has 21 heavy (non-hydrogen) atoms. The average molecular weight is 287 g/mol. The molecule has 0 fully saturated rings. The molecular weight excluding hydrogens is 276 g/mol. The molecule has 0 radical (unpaired) electrons. The predicted octanol–water partition coefficient (Wildman–Crippen LogP) is 2.50. The van der Waals surface area contributed by atoms with E-state index < -0.39 is 11.6 Å². The number of rotatable bonds is 2. The highest BCUT2D eigenvalue weighted by atomic mass is 19.2. The van der Waals surface area contributed by atoms with Crippen LogP contribution in [0.1, 0.15) is 5.56 Å². The molecule has 2 N–H and O–H groups in total. The summed E-state index contributed by atoms with van der Waals surface area (Å²) in [6.45, 7) is 1.84. The Hall–Kier alpha value is -2.83. The summed E-state index contributed by atoms with van der Waals surface area (Å²) in [5.41, 5.74) is 7.84. The van der Waals surface area contributed by atoms with E-state index in [1.54, 1.807) is 12.1 Å². The van der Waals surface area contributed by atoms with Crippen LogP contribution in [0.4, 0.5) is 14.5 Å². The Kier molecular flexibility index (Phi) is 3.09. The van der Waals surface area contributed by atoms with Gasteiger partial charge in [0, 0.05) is 11.3 Å². The number of anilines is 1. The minimum Gasteiger partial charge on any atom is -0.398 e. The Morgan fingerprint density at radius 3 is 2.67 bits per heavy atom. The van der Waals surface area contributed by atoms with E-state index in [0.717, 1.165) is 16.3 Å². The molecule has 0 aliphatic carbocycles. The Balaban J connectivity index is 2.22. The number of benzene rings is 2. The van der Waals surface area contributed by atoms with Gasteiger partial charge in [-0.3, -0.25) is 0 Å². The van der Waals surface area contributed by atoms with Crippen molar-refractivity contribution in [1.29, 1.82) is 0 Å². The van der Waals surface area contributed by atoms with Crippen LogP contribution in [0.5, 0.6) is 0 Å². The first-order valence-corrected chi connectivity index (χ1v) is 6.18. The maximum Gasteiger partial charge on any atom is 0.189 e. The molecule has 0 atom stereocenters. The number of hydrogen-bond donors (Lipinski definition) is 1. The second-order valence-electron chi connectivity index (χ2n) is 4.52. The van der Waals surface area contributed by atoms with Gasteiger partial charge in [0.15, 0.2) is 17.5 Å². The fourth-order valence-corrected chi connectivity index (χ4v) is 2.05. The van der Waals surface area contributed by atoms with Crippen LogP contribution in [0.3, 0.4) is 0 Å². The summed E-state index contributed by atoms with van der Waals surface area (Å²) in [6.07, 6.45) is 0. The number of nitrogens with two attached hydrogens (primary N) is 1. The van der Waals surface area contributed by atoms with Gasteiger partial charge in [0.25, 0.3) is 0 Å². The van der Waals surface area contributed by atoms with Gasteiger partial charge in [-0.2, -0.15) is 4.68 Å². The molecule has 0 amide bonds. The molecule has 0 bridgehead atoms. The third-order valence-corrected chi connectivity index (χ3v) is 3.19. The van der Waals surface area contributed by atoms with Crippen LogP contribution in [-0.4, -0.2) is 20.2 Å². The van der Waals surface area contributed by atoms with Crippen LogP contribution in [0.25, 0.3) is 17.1 Å². The maximum atomic E-state index is 13.9. The lowest BCUT2D eigenvalue weighted by Gasteiger charge is -2.09. The van der Waals surface area contributed by atoms with Crippen LogP contribution < -0.4 is 5.73 Å². The number of halogens is 2. The molecule has 0 unspecified atom stereocenters. The van der Waals surface area contributed by atoms with E-state index in [0.29, 0.717) is 11.3 Å². The van der Waals surface area contributed by atoms with Gasteiger partial charge in [-0.1, -0.05) is 18.2 Å². The summed E-state index contributed by atoms with van der Waals surface area (Å²) in [4.78, 5) is 0. The average Bonchev–Trinajstić information content (AvgIpc) is 2.94. The maximum absolute atomic E-state index is 13.9. The Morgan fingerprint density at radius 2 is 1.86 bits per heavy atom. The number of aryl methyl sites for hydroxylation is 1. The Labute approximate surface area is 119 Å². The lowest BCUT2D eigenvalue weighted by molar-refractivity contribution is 0.501. The van der Waals surface area contributed by atoms with Crippen LogP contribution in [-0.2, 0) is 0 Å². The normalized spacial score (nSPS) is 10.8. The number of nitrogen functional groups attached to an aromatic ring is 1. The SMILES string of the molecule is Cc1cccc(-c2nnnn2-c2cccc(F)c2F)c1N. The minimum atomic E-state index is -1.02. The number of nitrogens with zero attached hydrogens (tertiary/aromatic N) is 4. The van der Waals surface area contributed by atoms with Crippen LogP contribution >= 0.6 is 0 Å². The predicted molar refractivity (Wildman–Crippen MR) is 73.7 cm³/mol. The molecule has 5 nitrogen and oxygen atoms in total. The summed E-state index contributed by atoms with van der Waals surface area (Å²) in [6, 6.07) is 9.17. The third kappa shape index (κ3) is 2.12. The summed E-state index contributed by atoms with van der Waals surface area (Å²) in [5.74, 6) is -1.73. The highest BCUT2D eigenvalue weighted by Gasteiger charge is 2.18. The molecule has 1 aromatic heterocycles. The molecule has 1 heterocycles. The number of hydrogen-bond acceptors (Lipinski definition) is 4. The van der Waals surface area contributed by atoms with Gasteiger partial charge in [0.05, 0.1) is 0 Å². The van der Waals surface area contributed by atoms with Gasteiger partial charge >= 0.3 is 0 Å². The molecular formula is C14H11F2N5. The monoisotopic (exact) mass is 287 g/mol. The van der Waals surface area contributed by atoms with Crippen molar-refractivity contribution in [3.05, 3.63) is 53.6 Å². The standard InChI is InChI=1S/C14H11F2N5/c1-8-4-2-5-9(13(8)17)14-18-19-20-21(14)11-7-3-6-10(15)12(11)16/h2-7H,17H2,1H3. The fourth-order valence-electron chi connectivity index (χ4n) is 2.05. The molecule has 0 aliphatic rings. The van der Waals surface area contributed by atoms with Crippen LogP contribution in [0.2, 0.25) is 0 Å². The molecule has 3 rings (SSSR count). The number of para-hydroxylation sites is 1. The highest BCUT2D eigenvalue weighted by Crippen LogP contribution is 2.28. The molecule has 2 aromatic carbocycles. The highest BCUT2D eigenvalue weighted by molar-refractivity contribution is 5.74. The van der Waals surface area contributed by atoms with Gasteiger partial charge in [0.1, 0.15) is 5.69 Å². The first-order valence-electron chi connectivity index (χ1n) is 6.18. The summed E-state index contributed by atoms with van der Waals surface area (Å²) in [7, 11) is 0. The zero-order chi connectivity index (χ0) is 15.0. The Bertz CT molecular complexity index is 747. The topological polar surface area (TPSA) is 69.6 Å². The lowest BCUT2D eigenvalue weighted by Crippen LogP contribution is -2.05. The van der Waals surface area contributed by atoms with Gasteiger partial charge in [-0.25, -0.2) is 8.78 Å². The first-order chi connectivity index (χ1) is 10.1. The van der Waals surface area contributed by atoms with Crippen molar-refractivity contribution < 1.29 is 8.78 Å². The second kappa shape index (κ2) is 4.93. The zero-order valence-electron chi connectivity index (χ0n) is 11.1. The van der Waals surface area contributed by atoms with E-state index in [9.17, 15) is 8.78 Å². The molecule has 3 aromatic rings. The fraction of sp³-hybridized carbons (Fsp3) is 0.0714. The number of aromatic nitrogens is 4. The van der Waals surface area contributed by atoms with E-state index in [-0.39, 0.29) is 11.5 Å². The van der Waals surface area contributed by atoms with Crippen molar-refractivity contribution >= 4 is 5.69 Å². The van der Waals surface area contributed by atoms with E-state index in [1.807, 2.05) is 13.0 Å². The zero-order valence-corrected chi connectivity index (χ0v) is 11.1. The number of tetrazole rings is 1. The molecule has 0 aliphatic heterocycles. The Morgan fingerprint density at radius 1 is 1.10 bits per heavy atom. The van der Waals surface area contributed by atoms with Gasteiger partial charge in [0.2, 0.25) is 0 Å². The van der Waals surface area contributed by atoms with Gasteiger partial charge < -0.3 is 5.73 Å². The molecule has 0 spiro atoms. The molecule has 0 saturated heterocycles. The van der Waals surface area contributed by atoms with Crippen molar-refractivity contribution in [3.8, 4) is 17.1 Å². The van der Waals surface area contributed by atoms with Crippen molar-refractivity contribution in [2.24, 2.45) is 0 Å². The first kappa shape index (κ1) is 13.2. The quantitative estimate of drug-likeness (QED) is 0.735. The smallest absolute Gasteiger partial charge is 0.189 e. The minimum absolute atomic E-state index is 0.0732. The summed E-state index contributed by atoms with van der Waals surface area (Å²) < 4.78 is 28.4. The van der Waals surface area contributed by atoms with E-state index in [2.05, 4.69) is 15.5 Å². The largest absolute Gasteiger partial charge is 0.398 e. The molecule has 0 saturated carbocycles. The van der Waals surface area contributed by atoms with Gasteiger partial charge in [-0.05, 0) is 41.1 Å². The third-order valence-electron chi connectivity index (χ3n) is 3.19. The molecule has 7 heteroatoms. The van der Waals surface area contributed by atoms with E-state index in [4.69, 9.17) is 5.73 Å². The van der Waals surface area contributed by atoms with Crippen LogP contribution in [0, 0.1) is 18.6 Å². The van der Waals surface area contributed by atoms with Crippen molar-refractivity contribution in [1.82, 2.24) is 20.2 Å². The lowest BCUT2D eigenvalue weighted by atomic mass is 10.1. The van der Waals surface area contributed by atoms with E-state index in [1.165, 1.54) is 12.1 Å². The summed E-state index contributed by atoms with van der Waals surface area (Å²) in [5, 5.41) is 11.1. The van der Waals surface area contributed by atoms with Gasteiger partial charge in [-0.15, -0.1) is 5.10 Å². The van der Waals surface area contributed by atoms with Crippen molar-refractivity contribution in [2.75, 3.05) is 5.73 Å². The van der Waals surface area contributed by atoms with Crippen molar-refractivity contribution in [2.45, 2.75) is 6.92 Å². The van der Waals surface area contributed by atoms with E-state index >= 15 is 0 Å². The second-order valence-corrected chi connectivity index (χ2v) is 4.52. The van der Waals surface area contributed by atoms with Crippen molar-refractivity contribution in [3.63, 3.8) is 0 Å². The molecule has 106 valence electrons. The van der Waals surface area contributed by atoms with Crippen LogP contribution in [0.15, 0.2) is 36.4 Å².